The van der Waals surface area contributed by atoms with Gasteiger partial charge in [0.2, 0.25) is 0 Å². The fourth-order valence-corrected chi connectivity index (χ4v) is 2.17. The first-order valence-corrected chi connectivity index (χ1v) is 3.87. The van der Waals surface area contributed by atoms with Crippen LogP contribution in [0.25, 0.3) is 0 Å². The highest BCUT2D eigenvalue weighted by atomic mass is 16.6. The number of rotatable bonds is 0. The third-order valence-corrected chi connectivity index (χ3v) is 2.73. The van der Waals surface area contributed by atoms with E-state index < -0.39 is 0 Å². The average Bonchev–Trinajstić information content (AvgIpc) is 2.60. The molecule has 0 N–H and O–H groups in total. The van der Waals surface area contributed by atoms with Crippen molar-refractivity contribution in [2.75, 3.05) is 6.61 Å². The summed E-state index contributed by atoms with van der Waals surface area (Å²) >= 11 is 0. The lowest BCUT2D eigenvalue weighted by molar-refractivity contribution is -0.143. The Bertz CT molecular complexity index is 246. The lowest BCUT2D eigenvalue weighted by Crippen LogP contribution is -2.24. The van der Waals surface area contributed by atoms with Crippen LogP contribution in [-0.2, 0) is 14.3 Å². The summed E-state index contributed by atoms with van der Waals surface area (Å²) in [6.45, 7) is 0.551. The van der Waals surface area contributed by atoms with Gasteiger partial charge in [-0.3, -0.25) is 4.79 Å². The number of esters is 1. The van der Waals surface area contributed by atoms with Crippen molar-refractivity contribution in [1.82, 2.24) is 0 Å². The summed E-state index contributed by atoms with van der Waals surface area (Å²) in [5.41, 5.74) is 0. The number of carbonyl (C=O) groups excluding carboxylic acids is 1. The molecule has 0 aliphatic carbocycles. The van der Waals surface area contributed by atoms with Gasteiger partial charge in [0.25, 0.3) is 0 Å². The largest absolute Gasteiger partial charge is 0.465 e. The fraction of sp³-hybridized carbons (Fsp3) is 0.625. The summed E-state index contributed by atoms with van der Waals surface area (Å²) in [6, 6.07) is 0. The third kappa shape index (κ3) is 0.554. The molecule has 3 heteroatoms. The fourth-order valence-electron chi connectivity index (χ4n) is 2.17. The van der Waals surface area contributed by atoms with Gasteiger partial charge in [0, 0.05) is 5.92 Å². The van der Waals surface area contributed by atoms with Gasteiger partial charge in [0.15, 0.2) is 0 Å². The van der Waals surface area contributed by atoms with Gasteiger partial charge in [-0.25, -0.2) is 0 Å². The molecule has 0 spiro atoms. The van der Waals surface area contributed by atoms with Crippen LogP contribution in [0, 0.1) is 11.8 Å². The van der Waals surface area contributed by atoms with Gasteiger partial charge in [0.1, 0.15) is 0 Å². The Morgan fingerprint density at radius 3 is 3.00 bits per heavy atom. The minimum atomic E-state index is -0.0770. The van der Waals surface area contributed by atoms with Crippen molar-refractivity contribution >= 4 is 5.97 Å². The Morgan fingerprint density at radius 1 is 1.36 bits per heavy atom. The molecule has 0 aromatic rings. The van der Waals surface area contributed by atoms with Crippen LogP contribution in [0.3, 0.4) is 0 Å². The van der Waals surface area contributed by atoms with Gasteiger partial charge in [-0.2, -0.15) is 0 Å². The molecule has 2 bridgehead atoms. The van der Waals surface area contributed by atoms with Crippen molar-refractivity contribution in [3.05, 3.63) is 12.2 Å². The quantitative estimate of drug-likeness (QED) is 0.365. The highest BCUT2D eigenvalue weighted by Gasteiger charge is 2.54. The van der Waals surface area contributed by atoms with Crippen LogP contribution in [-0.4, -0.2) is 24.8 Å². The molecule has 3 aliphatic rings. The number of ether oxygens (including phenoxy) is 2. The molecule has 3 heterocycles. The number of hydrogen-bond donors (Lipinski definition) is 0. The summed E-state index contributed by atoms with van der Waals surface area (Å²) in [6.07, 6.45) is 4.17. The molecular formula is C8H8O3. The highest BCUT2D eigenvalue weighted by Crippen LogP contribution is 2.42. The first kappa shape index (κ1) is 5.77. The Morgan fingerprint density at radius 2 is 2.18 bits per heavy atom. The van der Waals surface area contributed by atoms with Crippen LogP contribution in [0.2, 0.25) is 0 Å². The highest BCUT2D eigenvalue weighted by molar-refractivity contribution is 5.77. The summed E-state index contributed by atoms with van der Waals surface area (Å²) in [4.78, 5) is 11.1. The van der Waals surface area contributed by atoms with Gasteiger partial charge in [-0.15, -0.1) is 0 Å². The maximum atomic E-state index is 11.1. The van der Waals surface area contributed by atoms with E-state index in [2.05, 4.69) is 0 Å². The number of carbonyl (C=O) groups is 1. The van der Waals surface area contributed by atoms with E-state index in [1.165, 1.54) is 0 Å². The molecule has 4 atom stereocenters. The van der Waals surface area contributed by atoms with Gasteiger partial charge in [0.05, 0.1) is 24.7 Å². The molecule has 3 rings (SSSR count). The van der Waals surface area contributed by atoms with E-state index in [1.807, 2.05) is 12.2 Å². The Labute approximate surface area is 64.0 Å². The minimum Gasteiger partial charge on any atom is -0.465 e. The summed E-state index contributed by atoms with van der Waals surface area (Å²) < 4.78 is 10.4. The van der Waals surface area contributed by atoms with E-state index in [1.54, 1.807) is 0 Å². The summed E-state index contributed by atoms with van der Waals surface area (Å²) in [5, 5.41) is 0. The Balaban J connectivity index is 2.03. The first-order chi connectivity index (χ1) is 5.36. The average molecular weight is 152 g/mol. The van der Waals surface area contributed by atoms with Gasteiger partial charge < -0.3 is 9.47 Å². The predicted octanol–water partition coefficient (Wildman–Crippen LogP) is 0.113. The van der Waals surface area contributed by atoms with Gasteiger partial charge in [-0.1, -0.05) is 12.2 Å². The van der Waals surface area contributed by atoms with Crippen molar-refractivity contribution in [2.45, 2.75) is 12.2 Å². The van der Waals surface area contributed by atoms with Crippen LogP contribution in [0.4, 0.5) is 0 Å². The van der Waals surface area contributed by atoms with E-state index >= 15 is 0 Å². The molecule has 58 valence electrons. The molecule has 11 heavy (non-hydrogen) atoms. The smallest absolute Gasteiger partial charge is 0.312 e. The van der Waals surface area contributed by atoms with Crippen LogP contribution in [0.5, 0.6) is 0 Å². The monoisotopic (exact) mass is 152 g/mol. The van der Waals surface area contributed by atoms with Crippen molar-refractivity contribution in [1.29, 1.82) is 0 Å². The first-order valence-electron chi connectivity index (χ1n) is 3.87. The standard InChI is InChI=1S/C8H8O3/c9-8-7-4(3-10-8)5-1-2-6(7)11-5/h1-2,4-7H,3H2/t4-,5+,6-,7-/m0/s1. The van der Waals surface area contributed by atoms with E-state index in [9.17, 15) is 4.79 Å². The van der Waals surface area contributed by atoms with E-state index in [0.29, 0.717) is 12.5 Å². The molecule has 0 radical (unpaired) electrons. The molecule has 0 aromatic carbocycles. The van der Waals surface area contributed by atoms with Gasteiger partial charge >= 0.3 is 5.97 Å². The number of cyclic esters (lactones) is 1. The zero-order chi connectivity index (χ0) is 7.42. The SMILES string of the molecule is O=C1OC[C@@H]2[C@H]1[C@@H]1C=C[C@H]2O1. The van der Waals surface area contributed by atoms with Crippen molar-refractivity contribution < 1.29 is 14.3 Å². The Kier molecular flexibility index (Phi) is 0.874. The molecule has 3 aliphatic heterocycles. The topological polar surface area (TPSA) is 35.5 Å². The third-order valence-electron chi connectivity index (χ3n) is 2.73. The van der Waals surface area contributed by atoms with Crippen molar-refractivity contribution in [3.63, 3.8) is 0 Å². The van der Waals surface area contributed by atoms with Crippen molar-refractivity contribution in [3.8, 4) is 0 Å². The van der Waals surface area contributed by atoms with Crippen LogP contribution in [0.15, 0.2) is 12.2 Å². The normalized spacial score (nSPS) is 51.5. The second kappa shape index (κ2) is 1.67. The molecule has 0 amide bonds. The predicted molar refractivity (Wildman–Crippen MR) is 35.7 cm³/mol. The zero-order valence-corrected chi connectivity index (χ0v) is 5.90. The second-order valence-corrected chi connectivity index (χ2v) is 3.27. The minimum absolute atomic E-state index is 0.00463. The van der Waals surface area contributed by atoms with Crippen molar-refractivity contribution in [2.24, 2.45) is 11.8 Å². The van der Waals surface area contributed by atoms with Crippen LogP contribution < -0.4 is 0 Å². The lowest BCUT2D eigenvalue weighted by Gasteiger charge is -2.09. The zero-order valence-electron chi connectivity index (χ0n) is 5.90. The van der Waals surface area contributed by atoms with E-state index in [-0.39, 0.29) is 24.1 Å². The number of hydrogen-bond acceptors (Lipinski definition) is 3. The van der Waals surface area contributed by atoms with E-state index in [0.717, 1.165) is 0 Å². The Hall–Kier alpha value is -0.830. The molecule has 0 saturated carbocycles. The summed E-state index contributed by atoms with van der Waals surface area (Å²) in [5.74, 6) is 0.231. The van der Waals surface area contributed by atoms with Crippen LogP contribution >= 0.6 is 0 Å². The maximum Gasteiger partial charge on any atom is 0.312 e. The summed E-state index contributed by atoms with van der Waals surface area (Å²) in [7, 11) is 0. The second-order valence-electron chi connectivity index (χ2n) is 3.27. The molecular weight excluding hydrogens is 144 g/mol. The molecule has 0 aromatic heterocycles. The molecule has 2 saturated heterocycles. The van der Waals surface area contributed by atoms with E-state index in [4.69, 9.17) is 9.47 Å². The van der Waals surface area contributed by atoms with Gasteiger partial charge in [-0.05, 0) is 0 Å². The molecule has 0 unspecified atom stereocenters. The maximum absolute atomic E-state index is 11.1. The number of fused-ring (bicyclic) bond motifs is 5. The molecule has 3 nitrogen and oxygen atoms in total. The van der Waals surface area contributed by atoms with Crippen LogP contribution in [0.1, 0.15) is 0 Å². The lowest BCUT2D eigenvalue weighted by atomic mass is 9.86. The molecule has 2 fully saturated rings.